The van der Waals surface area contributed by atoms with E-state index in [1.165, 1.54) is 0 Å². The SMILES string of the molecule is CC(C)(C)OC(=O)N1CCCCC1C(=O)N1CCCC(c2nc3ccccc3o2)C1. The Kier molecular flexibility index (Phi) is 5.71. The van der Waals surface area contributed by atoms with E-state index in [9.17, 15) is 9.59 Å². The fraction of sp³-hybridized carbons (Fsp3) is 0.609. The zero-order valence-corrected chi connectivity index (χ0v) is 18.1. The normalized spacial score (nSPS) is 22.9. The van der Waals surface area contributed by atoms with E-state index in [1.54, 1.807) is 4.90 Å². The predicted molar refractivity (Wildman–Crippen MR) is 113 cm³/mol. The Morgan fingerprint density at radius 3 is 2.67 bits per heavy atom. The summed E-state index contributed by atoms with van der Waals surface area (Å²) in [5.74, 6) is 0.788. The maximum absolute atomic E-state index is 13.4. The second kappa shape index (κ2) is 8.28. The number of para-hydroxylation sites is 2. The molecule has 7 nitrogen and oxygen atoms in total. The average Bonchev–Trinajstić information content (AvgIpc) is 3.16. The number of aromatic nitrogens is 1. The van der Waals surface area contributed by atoms with Crippen LogP contribution >= 0.6 is 0 Å². The number of benzene rings is 1. The van der Waals surface area contributed by atoms with Crippen molar-refractivity contribution in [3.8, 4) is 0 Å². The summed E-state index contributed by atoms with van der Waals surface area (Å²) in [5.41, 5.74) is 1.05. The molecule has 2 amide bonds. The molecule has 2 aliphatic rings. The maximum atomic E-state index is 13.4. The summed E-state index contributed by atoms with van der Waals surface area (Å²) in [6.45, 7) is 7.38. The van der Waals surface area contributed by atoms with Crippen LogP contribution in [0.3, 0.4) is 0 Å². The lowest BCUT2D eigenvalue weighted by atomic mass is 9.95. The van der Waals surface area contributed by atoms with E-state index in [4.69, 9.17) is 9.15 Å². The topological polar surface area (TPSA) is 75.9 Å². The van der Waals surface area contributed by atoms with Crippen LogP contribution in [0.1, 0.15) is 64.7 Å². The number of carbonyl (C=O) groups is 2. The largest absolute Gasteiger partial charge is 0.444 e. The fourth-order valence-corrected chi connectivity index (χ4v) is 4.38. The van der Waals surface area contributed by atoms with Crippen molar-refractivity contribution in [3.63, 3.8) is 0 Å². The lowest BCUT2D eigenvalue weighted by Gasteiger charge is -2.40. The fourth-order valence-electron chi connectivity index (χ4n) is 4.38. The van der Waals surface area contributed by atoms with E-state index in [1.807, 2.05) is 49.9 Å². The van der Waals surface area contributed by atoms with Crippen LogP contribution in [0.5, 0.6) is 0 Å². The molecule has 2 aliphatic heterocycles. The third-order valence-corrected chi connectivity index (χ3v) is 5.81. The highest BCUT2D eigenvalue weighted by molar-refractivity contribution is 5.86. The Morgan fingerprint density at radius 1 is 1.10 bits per heavy atom. The van der Waals surface area contributed by atoms with Gasteiger partial charge in [-0.3, -0.25) is 9.69 Å². The summed E-state index contributed by atoms with van der Waals surface area (Å²) in [6, 6.07) is 7.28. The molecule has 3 heterocycles. The number of fused-ring (bicyclic) bond motifs is 1. The van der Waals surface area contributed by atoms with Crippen molar-refractivity contribution >= 4 is 23.1 Å². The Bertz CT molecular complexity index is 884. The van der Waals surface area contributed by atoms with Crippen molar-refractivity contribution in [1.82, 2.24) is 14.8 Å². The molecule has 0 saturated carbocycles. The number of nitrogens with zero attached hydrogens (tertiary/aromatic N) is 3. The first kappa shape index (κ1) is 20.7. The van der Waals surface area contributed by atoms with Crippen molar-refractivity contribution in [3.05, 3.63) is 30.2 Å². The molecule has 4 rings (SSSR count). The molecule has 7 heteroatoms. The van der Waals surface area contributed by atoms with Crippen molar-refractivity contribution < 1.29 is 18.7 Å². The van der Waals surface area contributed by atoms with E-state index in [2.05, 4.69) is 4.98 Å². The molecule has 0 N–H and O–H groups in total. The molecule has 30 heavy (non-hydrogen) atoms. The van der Waals surface area contributed by atoms with Gasteiger partial charge in [-0.05, 0) is 65.0 Å². The molecular formula is C23H31N3O4. The van der Waals surface area contributed by atoms with Crippen LogP contribution in [0.2, 0.25) is 0 Å². The molecule has 0 radical (unpaired) electrons. The first-order valence-electron chi connectivity index (χ1n) is 11.0. The number of oxazole rings is 1. The average molecular weight is 414 g/mol. The first-order valence-corrected chi connectivity index (χ1v) is 11.0. The summed E-state index contributed by atoms with van der Waals surface area (Å²) in [5, 5.41) is 0. The molecule has 2 saturated heterocycles. The number of hydrogen-bond acceptors (Lipinski definition) is 5. The van der Waals surface area contributed by atoms with Crippen molar-refractivity contribution in [2.24, 2.45) is 0 Å². The lowest BCUT2D eigenvalue weighted by molar-refractivity contribution is -0.139. The standard InChI is InChI=1S/C23H31N3O4/c1-23(2,3)30-22(28)26-14-7-6-11-18(26)21(27)25-13-8-9-16(15-25)20-24-17-10-4-5-12-19(17)29-20/h4-5,10,12,16,18H,6-9,11,13-15H2,1-3H3. The minimum atomic E-state index is -0.578. The molecule has 2 unspecified atom stereocenters. The van der Waals surface area contributed by atoms with Gasteiger partial charge in [0, 0.05) is 19.6 Å². The molecule has 1 aromatic heterocycles. The highest BCUT2D eigenvalue weighted by Crippen LogP contribution is 2.30. The number of amides is 2. The van der Waals surface area contributed by atoms with Crippen molar-refractivity contribution in [1.29, 1.82) is 0 Å². The molecule has 0 aliphatic carbocycles. The van der Waals surface area contributed by atoms with Crippen LogP contribution < -0.4 is 0 Å². The molecule has 1 aromatic carbocycles. The van der Waals surface area contributed by atoms with Crippen LogP contribution in [0.15, 0.2) is 28.7 Å². The molecule has 0 spiro atoms. The monoisotopic (exact) mass is 413 g/mol. The van der Waals surface area contributed by atoms with Gasteiger partial charge in [0.05, 0.1) is 5.92 Å². The summed E-state index contributed by atoms with van der Waals surface area (Å²) < 4.78 is 11.5. The lowest BCUT2D eigenvalue weighted by Crippen LogP contribution is -2.55. The quantitative estimate of drug-likeness (QED) is 0.733. The maximum Gasteiger partial charge on any atom is 0.410 e. The van der Waals surface area contributed by atoms with Crippen molar-refractivity contribution in [2.45, 2.75) is 70.4 Å². The first-order chi connectivity index (χ1) is 14.3. The molecule has 162 valence electrons. The number of piperidine rings is 2. The highest BCUT2D eigenvalue weighted by Gasteiger charge is 2.38. The Hall–Kier alpha value is -2.57. The molecule has 2 aromatic rings. The minimum Gasteiger partial charge on any atom is -0.444 e. The van der Waals surface area contributed by atoms with Gasteiger partial charge in [-0.2, -0.15) is 0 Å². The number of hydrogen-bond donors (Lipinski definition) is 0. The number of likely N-dealkylation sites (tertiary alicyclic amines) is 2. The minimum absolute atomic E-state index is 0.0152. The zero-order chi connectivity index (χ0) is 21.3. The molecule has 2 fully saturated rings. The second-order valence-electron chi connectivity index (χ2n) is 9.33. The van der Waals surface area contributed by atoms with Gasteiger partial charge in [0.2, 0.25) is 5.91 Å². The van der Waals surface area contributed by atoms with Crippen LogP contribution in [0.25, 0.3) is 11.1 Å². The third-order valence-electron chi connectivity index (χ3n) is 5.81. The second-order valence-corrected chi connectivity index (χ2v) is 9.33. The van der Waals surface area contributed by atoms with Crippen LogP contribution in [-0.4, -0.2) is 58.1 Å². The van der Waals surface area contributed by atoms with Gasteiger partial charge in [0.15, 0.2) is 11.5 Å². The molecule has 2 atom stereocenters. The summed E-state index contributed by atoms with van der Waals surface area (Å²) >= 11 is 0. The van der Waals surface area contributed by atoms with Crippen molar-refractivity contribution in [2.75, 3.05) is 19.6 Å². The van der Waals surface area contributed by atoms with Gasteiger partial charge in [0.1, 0.15) is 17.2 Å². The smallest absolute Gasteiger partial charge is 0.410 e. The van der Waals surface area contributed by atoms with Crippen LogP contribution in [0, 0.1) is 0 Å². The van der Waals surface area contributed by atoms with E-state index in [0.717, 1.165) is 36.8 Å². The summed E-state index contributed by atoms with van der Waals surface area (Å²) in [7, 11) is 0. The number of rotatable bonds is 2. The van der Waals surface area contributed by atoms with E-state index >= 15 is 0 Å². The van der Waals surface area contributed by atoms with Gasteiger partial charge in [-0.15, -0.1) is 0 Å². The Balaban J connectivity index is 1.47. The molecule has 0 bridgehead atoms. The van der Waals surface area contributed by atoms with Gasteiger partial charge < -0.3 is 14.1 Å². The van der Waals surface area contributed by atoms with Gasteiger partial charge in [-0.1, -0.05) is 12.1 Å². The Labute approximate surface area is 177 Å². The molecular weight excluding hydrogens is 382 g/mol. The third kappa shape index (κ3) is 4.45. The predicted octanol–water partition coefficient (Wildman–Crippen LogP) is 4.32. The van der Waals surface area contributed by atoms with E-state index in [0.29, 0.717) is 31.9 Å². The van der Waals surface area contributed by atoms with Gasteiger partial charge in [-0.25, -0.2) is 9.78 Å². The van der Waals surface area contributed by atoms with Crippen LogP contribution in [-0.2, 0) is 9.53 Å². The zero-order valence-electron chi connectivity index (χ0n) is 18.1. The number of carbonyl (C=O) groups excluding carboxylic acids is 2. The van der Waals surface area contributed by atoms with Gasteiger partial charge >= 0.3 is 6.09 Å². The summed E-state index contributed by atoms with van der Waals surface area (Å²) in [6.07, 6.45) is 3.97. The summed E-state index contributed by atoms with van der Waals surface area (Å²) in [4.78, 5) is 34.3. The van der Waals surface area contributed by atoms with E-state index in [-0.39, 0.29) is 11.8 Å². The number of ether oxygens (including phenoxy) is 1. The van der Waals surface area contributed by atoms with Gasteiger partial charge in [0.25, 0.3) is 0 Å². The van der Waals surface area contributed by atoms with E-state index < -0.39 is 17.7 Å². The highest BCUT2D eigenvalue weighted by atomic mass is 16.6. The van der Waals surface area contributed by atoms with Crippen LogP contribution in [0.4, 0.5) is 4.79 Å². The Morgan fingerprint density at radius 2 is 1.90 bits per heavy atom.